The Labute approximate surface area is 83.9 Å². The van der Waals surface area contributed by atoms with Gasteiger partial charge in [-0.2, -0.15) is 0 Å². The van der Waals surface area contributed by atoms with Crippen molar-refractivity contribution in [3.63, 3.8) is 0 Å². The highest BCUT2D eigenvalue weighted by atomic mass is 35.5. The summed E-state index contributed by atoms with van der Waals surface area (Å²) in [7, 11) is 0. The Morgan fingerprint density at radius 3 is 2.79 bits per heavy atom. The standard InChI is InChI=1S/C9H6ClNO3/c10-4-2-1-3-5-6(4)7(11)8(14-5)9(12)13/h1-3H,11H2,(H,12,13). The number of hydrogen-bond acceptors (Lipinski definition) is 3. The second kappa shape index (κ2) is 2.92. The third-order valence-electron chi connectivity index (χ3n) is 1.90. The van der Waals surface area contributed by atoms with Crippen LogP contribution in [0.4, 0.5) is 5.69 Å². The second-order valence-electron chi connectivity index (χ2n) is 2.76. The molecule has 0 aliphatic carbocycles. The molecule has 0 amide bonds. The molecule has 1 heterocycles. The Hall–Kier alpha value is -1.68. The first-order valence-electron chi connectivity index (χ1n) is 3.81. The minimum Gasteiger partial charge on any atom is -0.475 e. The molecule has 0 aliphatic rings. The van der Waals surface area contributed by atoms with Crippen molar-refractivity contribution in [1.29, 1.82) is 0 Å². The molecule has 4 nitrogen and oxygen atoms in total. The van der Waals surface area contributed by atoms with Crippen LogP contribution in [0, 0.1) is 0 Å². The van der Waals surface area contributed by atoms with Gasteiger partial charge in [0.1, 0.15) is 5.58 Å². The fourth-order valence-corrected chi connectivity index (χ4v) is 1.56. The molecule has 72 valence electrons. The van der Waals surface area contributed by atoms with Gasteiger partial charge in [-0.1, -0.05) is 17.7 Å². The van der Waals surface area contributed by atoms with Crippen molar-refractivity contribution in [1.82, 2.24) is 0 Å². The Bertz CT molecular complexity index is 518. The summed E-state index contributed by atoms with van der Waals surface area (Å²) >= 11 is 5.85. The molecule has 3 N–H and O–H groups in total. The molecule has 14 heavy (non-hydrogen) atoms. The molecule has 0 saturated carbocycles. The van der Waals surface area contributed by atoms with Crippen molar-refractivity contribution in [3.8, 4) is 0 Å². The van der Waals surface area contributed by atoms with Gasteiger partial charge in [-0.3, -0.25) is 0 Å². The predicted molar refractivity (Wildman–Crippen MR) is 52.6 cm³/mol. The van der Waals surface area contributed by atoms with Crippen LogP contribution in [-0.2, 0) is 0 Å². The molecule has 0 saturated heterocycles. The maximum atomic E-state index is 10.7. The Kier molecular flexibility index (Phi) is 1.86. The topological polar surface area (TPSA) is 76.5 Å². The Morgan fingerprint density at radius 2 is 2.21 bits per heavy atom. The largest absolute Gasteiger partial charge is 0.475 e. The highest BCUT2D eigenvalue weighted by molar-refractivity contribution is 6.36. The number of furan rings is 1. The van der Waals surface area contributed by atoms with E-state index in [2.05, 4.69) is 0 Å². The first-order valence-corrected chi connectivity index (χ1v) is 4.19. The van der Waals surface area contributed by atoms with Crippen molar-refractivity contribution < 1.29 is 14.3 Å². The van der Waals surface area contributed by atoms with Crippen LogP contribution < -0.4 is 5.73 Å². The second-order valence-corrected chi connectivity index (χ2v) is 3.17. The Balaban J connectivity index is 2.87. The first kappa shape index (κ1) is 8.90. The number of rotatable bonds is 1. The summed E-state index contributed by atoms with van der Waals surface area (Å²) in [4.78, 5) is 10.7. The fourth-order valence-electron chi connectivity index (χ4n) is 1.29. The van der Waals surface area contributed by atoms with E-state index in [0.29, 0.717) is 16.0 Å². The lowest BCUT2D eigenvalue weighted by molar-refractivity contribution is 0.0666. The lowest BCUT2D eigenvalue weighted by atomic mass is 10.2. The fraction of sp³-hybridized carbons (Fsp3) is 0. The number of anilines is 1. The third kappa shape index (κ3) is 1.12. The molecule has 0 radical (unpaired) electrons. The van der Waals surface area contributed by atoms with Crippen LogP contribution in [0.15, 0.2) is 22.6 Å². The van der Waals surface area contributed by atoms with Gasteiger partial charge in [0.25, 0.3) is 0 Å². The van der Waals surface area contributed by atoms with E-state index in [-0.39, 0.29) is 11.4 Å². The van der Waals surface area contributed by atoms with E-state index in [1.165, 1.54) is 0 Å². The summed E-state index contributed by atoms with van der Waals surface area (Å²) < 4.78 is 5.03. The van der Waals surface area contributed by atoms with Crippen LogP contribution >= 0.6 is 11.6 Å². The quantitative estimate of drug-likeness (QED) is 0.759. The zero-order valence-electron chi connectivity index (χ0n) is 6.95. The van der Waals surface area contributed by atoms with E-state index in [9.17, 15) is 4.79 Å². The Morgan fingerprint density at radius 1 is 1.50 bits per heavy atom. The van der Waals surface area contributed by atoms with E-state index in [1.807, 2.05) is 0 Å². The number of carboxylic acids is 1. The van der Waals surface area contributed by atoms with Gasteiger partial charge in [0, 0.05) is 0 Å². The molecule has 1 aromatic carbocycles. The van der Waals surface area contributed by atoms with Gasteiger partial charge in [0.15, 0.2) is 0 Å². The van der Waals surface area contributed by atoms with Gasteiger partial charge >= 0.3 is 5.97 Å². The van der Waals surface area contributed by atoms with Gasteiger partial charge in [0.2, 0.25) is 5.76 Å². The minimum absolute atomic E-state index is 0.0677. The maximum absolute atomic E-state index is 10.7. The molecule has 0 aliphatic heterocycles. The van der Waals surface area contributed by atoms with Crippen molar-refractivity contribution >= 4 is 34.2 Å². The average molecular weight is 212 g/mol. The number of fused-ring (bicyclic) bond motifs is 1. The molecule has 0 spiro atoms. The maximum Gasteiger partial charge on any atom is 0.374 e. The van der Waals surface area contributed by atoms with Gasteiger partial charge in [-0.15, -0.1) is 0 Å². The molecule has 2 rings (SSSR count). The summed E-state index contributed by atoms with van der Waals surface area (Å²) in [5, 5.41) is 9.58. The van der Waals surface area contributed by atoms with E-state index >= 15 is 0 Å². The van der Waals surface area contributed by atoms with E-state index in [4.69, 9.17) is 26.9 Å². The summed E-state index contributed by atoms with van der Waals surface area (Å²) in [5.74, 6) is -1.47. The number of nitrogen functional groups attached to an aromatic ring is 1. The zero-order valence-corrected chi connectivity index (χ0v) is 7.71. The number of aromatic carboxylic acids is 1. The van der Waals surface area contributed by atoms with Crippen LogP contribution in [0.1, 0.15) is 10.6 Å². The molecule has 0 atom stereocenters. The molecule has 5 heteroatoms. The van der Waals surface area contributed by atoms with Gasteiger partial charge < -0.3 is 15.3 Å². The van der Waals surface area contributed by atoms with Crippen LogP contribution in [-0.4, -0.2) is 11.1 Å². The lowest BCUT2D eigenvalue weighted by Crippen LogP contribution is -1.98. The average Bonchev–Trinajstić information content (AvgIpc) is 2.45. The molecular formula is C9H6ClNO3. The normalized spacial score (nSPS) is 10.6. The number of carboxylic acid groups (broad SMARTS) is 1. The number of carbonyl (C=O) groups is 1. The molecule has 0 fully saturated rings. The predicted octanol–water partition coefficient (Wildman–Crippen LogP) is 2.37. The van der Waals surface area contributed by atoms with Crippen molar-refractivity contribution in [2.75, 3.05) is 5.73 Å². The van der Waals surface area contributed by atoms with Crippen LogP contribution in [0.5, 0.6) is 0 Å². The van der Waals surface area contributed by atoms with Crippen molar-refractivity contribution in [3.05, 3.63) is 29.0 Å². The van der Waals surface area contributed by atoms with Crippen molar-refractivity contribution in [2.45, 2.75) is 0 Å². The molecular weight excluding hydrogens is 206 g/mol. The molecule has 0 unspecified atom stereocenters. The third-order valence-corrected chi connectivity index (χ3v) is 2.21. The monoisotopic (exact) mass is 211 g/mol. The summed E-state index contributed by atoms with van der Waals surface area (Å²) in [6.45, 7) is 0. The zero-order chi connectivity index (χ0) is 10.3. The van der Waals surface area contributed by atoms with E-state index < -0.39 is 5.97 Å². The SMILES string of the molecule is Nc1c(C(=O)O)oc2cccc(Cl)c12. The molecule has 0 bridgehead atoms. The number of benzene rings is 1. The summed E-state index contributed by atoms with van der Waals surface area (Å²) in [6, 6.07) is 4.91. The van der Waals surface area contributed by atoms with Gasteiger partial charge in [0.05, 0.1) is 16.1 Å². The van der Waals surface area contributed by atoms with Crippen LogP contribution in [0.3, 0.4) is 0 Å². The number of nitrogens with two attached hydrogens (primary N) is 1. The minimum atomic E-state index is -1.20. The highest BCUT2D eigenvalue weighted by Crippen LogP contribution is 2.33. The van der Waals surface area contributed by atoms with E-state index in [0.717, 1.165) is 0 Å². The van der Waals surface area contributed by atoms with Crippen molar-refractivity contribution in [2.24, 2.45) is 0 Å². The van der Waals surface area contributed by atoms with Gasteiger partial charge in [-0.05, 0) is 12.1 Å². The highest BCUT2D eigenvalue weighted by Gasteiger charge is 2.18. The number of hydrogen-bond donors (Lipinski definition) is 2. The first-order chi connectivity index (χ1) is 6.61. The summed E-state index contributed by atoms with van der Waals surface area (Å²) in [6.07, 6.45) is 0. The smallest absolute Gasteiger partial charge is 0.374 e. The van der Waals surface area contributed by atoms with Gasteiger partial charge in [-0.25, -0.2) is 4.79 Å². The lowest BCUT2D eigenvalue weighted by Gasteiger charge is -1.92. The van der Waals surface area contributed by atoms with E-state index in [1.54, 1.807) is 18.2 Å². The molecule has 1 aromatic heterocycles. The number of halogens is 1. The molecule has 2 aromatic rings. The summed E-state index contributed by atoms with van der Waals surface area (Å²) in [5.41, 5.74) is 6.03. The van der Waals surface area contributed by atoms with Crippen LogP contribution in [0.25, 0.3) is 11.0 Å². The van der Waals surface area contributed by atoms with Crippen LogP contribution in [0.2, 0.25) is 5.02 Å².